The molecule has 0 bridgehead atoms. The molecule has 1 saturated heterocycles. The highest BCUT2D eigenvalue weighted by Gasteiger charge is 2.49. The topological polar surface area (TPSA) is 83.9 Å². The first-order chi connectivity index (χ1) is 9.83. The Kier molecular flexibility index (Phi) is 4.65. The molecule has 7 heteroatoms. The second-order valence-electron chi connectivity index (χ2n) is 5.34. The van der Waals surface area contributed by atoms with E-state index in [-0.39, 0.29) is 6.61 Å². The second kappa shape index (κ2) is 6.13. The van der Waals surface area contributed by atoms with Crippen LogP contribution in [0.1, 0.15) is 18.4 Å². The number of carbonyl (C=O) groups is 1. The van der Waals surface area contributed by atoms with E-state index in [2.05, 4.69) is 0 Å². The number of benzene rings is 1. The highest BCUT2D eigenvalue weighted by Crippen LogP contribution is 2.31. The van der Waals surface area contributed by atoms with Gasteiger partial charge in [-0.1, -0.05) is 30.3 Å². The SMILES string of the molecule is CN1CCC[C@@]1(CS(=O)(=O)O)C(=O)OCc1ccccc1. The van der Waals surface area contributed by atoms with Crippen molar-refractivity contribution >= 4 is 16.1 Å². The largest absolute Gasteiger partial charge is 0.459 e. The van der Waals surface area contributed by atoms with Crippen LogP contribution in [0.3, 0.4) is 0 Å². The van der Waals surface area contributed by atoms with Crippen LogP contribution < -0.4 is 0 Å². The molecule has 21 heavy (non-hydrogen) atoms. The van der Waals surface area contributed by atoms with Crippen molar-refractivity contribution in [3.8, 4) is 0 Å². The van der Waals surface area contributed by atoms with Gasteiger partial charge in [0.2, 0.25) is 0 Å². The van der Waals surface area contributed by atoms with Gasteiger partial charge < -0.3 is 4.74 Å². The van der Waals surface area contributed by atoms with Crippen molar-refractivity contribution in [3.63, 3.8) is 0 Å². The van der Waals surface area contributed by atoms with Gasteiger partial charge in [0.15, 0.2) is 0 Å². The molecule has 0 aromatic heterocycles. The number of likely N-dealkylation sites (N-methyl/N-ethyl adjacent to an activating group) is 1. The Morgan fingerprint density at radius 1 is 1.38 bits per heavy atom. The lowest BCUT2D eigenvalue weighted by molar-refractivity contribution is -0.156. The molecule has 0 spiro atoms. The van der Waals surface area contributed by atoms with Crippen molar-refractivity contribution in [2.75, 3.05) is 19.3 Å². The maximum absolute atomic E-state index is 12.4. The molecule has 1 fully saturated rings. The first-order valence-corrected chi connectivity index (χ1v) is 8.32. The third-order valence-corrected chi connectivity index (χ3v) is 4.67. The first-order valence-electron chi connectivity index (χ1n) is 6.71. The van der Waals surface area contributed by atoms with Gasteiger partial charge in [-0.05, 0) is 32.0 Å². The maximum Gasteiger partial charge on any atom is 0.328 e. The zero-order chi connectivity index (χ0) is 15.5. The Bertz CT molecular complexity index is 601. The fourth-order valence-electron chi connectivity index (χ4n) is 2.67. The number of hydrogen-bond acceptors (Lipinski definition) is 5. The van der Waals surface area contributed by atoms with Crippen molar-refractivity contribution in [2.24, 2.45) is 0 Å². The zero-order valence-electron chi connectivity index (χ0n) is 11.9. The molecule has 2 rings (SSSR count). The van der Waals surface area contributed by atoms with E-state index in [4.69, 9.17) is 9.29 Å². The van der Waals surface area contributed by atoms with Crippen molar-refractivity contribution in [1.29, 1.82) is 0 Å². The summed E-state index contributed by atoms with van der Waals surface area (Å²) in [5.74, 6) is -1.24. The number of nitrogens with zero attached hydrogens (tertiary/aromatic N) is 1. The number of hydrogen-bond donors (Lipinski definition) is 1. The third kappa shape index (κ3) is 3.81. The average Bonchev–Trinajstić information content (AvgIpc) is 2.77. The summed E-state index contributed by atoms with van der Waals surface area (Å²) >= 11 is 0. The highest BCUT2D eigenvalue weighted by molar-refractivity contribution is 7.85. The van der Waals surface area contributed by atoms with E-state index in [1.54, 1.807) is 11.9 Å². The molecule has 0 aliphatic carbocycles. The van der Waals surface area contributed by atoms with Crippen molar-refractivity contribution in [2.45, 2.75) is 25.0 Å². The fraction of sp³-hybridized carbons (Fsp3) is 0.500. The van der Waals surface area contributed by atoms with Gasteiger partial charge in [0.05, 0.1) is 0 Å². The molecule has 1 aromatic rings. The van der Waals surface area contributed by atoms with Crippen LogP contribution in [-0.4, -0.2) is 48.7 Å². The van der Waals surface area contributed by atoms with Crippen molar-refractivity contribution < 1.29 is 22.5 Å². The molecule has 0 amide bonds. The van der Waals surface area contributed by atoms with Crippen LogP contribution in [0.4, 0.5) is 0 Å². The number of carbonyl (C=O) groups excluding carboxylic acids is 1. The lowest BCUT2D eigenvalue weighted by atomic mass is 9.99. The number of rotatable bonds is 5. The monoisotopic (exact) mass is 313 g/mol. The Balaban J connectivity index is 2.12. The minimum Gasteiger partial charge on any atom is -0.459 e. The molecule has 1 aromatic carbocycles. The summed E-state index contributed by atoms with van der Waals surface area (Å²) in [5.41, 5.74) is -0.462. The first kappa shape index (κ1) is 15.9. The van der Waals surface area contributed by atoms with Crippen molar-refractivity contribution in [3.05, 3.63) is 35.9 Å². The molecule has 0 radical (unpaired) electrons. The van der Waals surface area contributed by atoms with E-state index < -0.39 is 27.4 Å². The number of esters is 1. The summed E-state index contributed by atoms with van der Waals surface area (Å²) in [7, 11) is -2.60. The summed E-state index contributed by atoms with van der Waals surface area (Å²) < 4.78 is 36.9. The third-order valence-electron chi connectivity index (χ3n) is 3.83. The summed E-state index contributed by atoms with van der Waals surface area (Å²) in [6, 6.07) is 9.16. The molecular weight excluding hydrogens is 294 g/mol. The maximum atomic E-state index is 12.4. The smallest absolute Gasteiger partial charge is 0.328 e. The Morgan fingerprint density at radius 2 is 2.05 bits per heavy atom. The van der Waals surface area contributed by atoms with Gasteiger partial charge in [-0.3, -0.25) is 9.45 Å². The predicted molar refractivity (Wildman–Crippen MR) is 77.2 cm³/mol. The van der Waals surface area contributed by atoms with Crippen LogP contribution in [-0.2, 0) is 26.3 Å². The van der Waals surface area contributed by atoms with Gasteiger partial charge in [0.25, 0.3) is 10.1 Å². The summed E-state index contributed by atoms with van der Waals surface area (Å²) in [6.07, 6.45) is 1.05. The zero-order valence-corrected chi connectivity index (χ0v) is 12.7. The Labute approximate surface area is 124 Å². The van der Waals surface area contributed by atoms with Gasteiger partial charge in [0.1, 0.15) is 17.9 Å². The van der Waals surface area contributed by atoms with E-state index in [1.807, 2.05) is 30.3 Å². The molecule has 1 atom stereocenters. The van der Waals surface area contributed by atoms with E-state index in [0.717, 1.165) is 5.56 Å². The van der Waals surface area contributed by atoms with Gasteiger partial charge in [-0.2, -0.15) is 8.42 Å². The van der Waals surface area contributed by atoms with Crippen LogP contribution in [0.15, 0.2) is 30.3 Å². The molecule has 1 aliphatic rings. The number of likely N-dealkylation sites (tertiary alicyclic amines) is 1. The summed E-state index contributed by atoms with van der Waals surface area (Å²) in [5, 5.41) is 0. The standard InChI is InChI=1S/C14H19NO5S/c1-15-9-5-8-14(15,11-21(17,18)19)13(16)20-10-12-6-3-2-4-7-12/h2-4,6-7H,5,8-11H2,1H3,(H,17,18,19)/t14-/m1/s1. The lowest BCUT2D eigenvalue weighted by Crippen LogP contribution is -2.54. The fourth-order valence-corrected chi connectivity index (χ4v) is 3.76. The Hall–Kier alpha value is -1.44. The molecule has 116 valence electrons. The minimum atomic E-state index is -4.27. The van der Waals surface area contributed by atoms with E-state index in [0.29, 0.717) is 19.4 Å². The van der Waals surface area contributed by atoms with E-state index >= 15 is 0 Å². The van der Waals surface area contributed by atoms with E-state index in [9.17, 15) is 13.2 Å². The van der Waals surface area contributed by atoms with Gasteiger partial charge in [-0.25, -0.2) is 4.79 Å². The van der Waals surface area contributed by atoms with E-state index in [1.165, 1.54) is 0 Å². The molecule has 1 heterocycles. The van der Waals surface area contributed by atoms with Crippen LogP contribution in [0.25, 0.3) is 0 Å². The van der Waals surface area contributed by atoms with Crippen LogP contribution >= 0.6 is 0 Å². The summed E-state index contributed by atoms with van der Waals surface area (Å²) in [6.45, 7) is 0.677. The second-order valence-corrected chi connectivity index (χ2v) is 6.80. The van der Waals surface area contributed by atoms with Crippen LogP contribution in [0.5, 0.6) is 0 Å². The Morgan fingerprint density at radius 3 is 2.57 bits per heavy atom. The van der Waals surface area contributed by atoms with Gasteiger partial charge in [0, 0.05) is 0 Å². The average molecular weight is 313 g/mol. The molecule has 0 unspecified atom stereocenters. The molecule has 0 saturated carbocycles. The normalized spacial score (nSPS) is 23.1. The summed E-state index contributed by atoms with van der Waals surface area (Å²) in [4.78, 5) is 14.0. The van der Waals surface area contributed by atoms with Crippen LogP contribution in [0.2, 0.25) is 0 Å². The van der Waals surface area contributed by atoms with Crippen molar-refractivity contribution in [1.82, 2.24) is 4.90 Å². The molecule has 1 N–H and O–H groups in total. The molecular formula is C14H19NO5S. The number of ether oxygens (including phenoxy) is 1. The quantitative estimate of drug-likeness (QED) is 0.647. The van der Waals surface area contributed by atoms with Gasteiger partial charge >= 0.3 is 5.97 Å². The predicted octanol–water partition coefficient (Wildman–Crippen LogP) is 1.08. The lowest BCUT2D eigenvalue weighted by Gasteiger charge is -2.32. The highest BCUT2D eigenvalue weighted by atomic mass is 32.2. The van der Waals surface area contributed by atoms with Crippen LogP contribution in [0, 0.1) is 0 Å². The molecule has 1 aliphatic heterocycles. The minimum absolute atomic E-state index is 0.0841. The molecule has 6 nitrogen and oxygen atoms in total. The van der Waals surface area contributed by atoms with Gasteiger partial charge in [-0.15, -0.1) is 0 Å².